The smallest absolute Gasteiger partial charge is 0.427 e. The average Bonchev–Trinajstić information content (AvgIpc) is 4.08. The Morgan fingerprint density at radius 2 is 1.76 bits per heavy atom. The van der Waals surface area contributed by atoms with Crippen LogP contribution in [0.1, 0.15) is 98.8 Å². The lowest BCUT2D eigenvalue weighted by Crippen LogP contribution is -2.48. The zero-order chi connectivity index (χ0) is 42.2. The molecular weight excluding hydrogens is 780 g/mol. The lowest BCUT2D eigenvalue weighted by Gasteiger charge is -2.33. The van der Waals surface area contributed by atoms with Crippen molar-refractivity contribution in [2.24, 2.45) is 29.1 Å². The first kappa shape index (κ1) is 43.4. The lowest BCUT2D eigenvalue weighted by molar-refractivity contribution is -0.257. The monoisotopic (exact) mass is 833 g/mol. The van der Waals surface area contributed by atoms with E-state index in [0.717, 1.165) is 25.7 Å². The third-order valence-corrected chi connectivity index (χ3v) is 13.9. The molecule has 1 aromatic heterocycles. The van der Waals surface area contributed by atoms with E-state index in [2.05, 4.69) is 9.71 Å². The van der Waals surface area contributed by atoms with Crippen molar-refractivity contribution in [1.29, 1.82) is 0 Å². The highest BCUT2D eigenvalue weighted by atomic mass is 32.2. The molecule has 1 N–H and O–H groups in total. The Morgan fingerprint density at radius 1 is 1.05 bits per heavy atom. The maximum Gasteiger partial charge on any atom is 0.427 e. The van der Waals surface area contributed by atoms with Crippen LogP contribution in [0.3, 0.4) is 0 Å². The number of alkyl halides is 3. The van der Waals surface area contributed by atoms with Gasteiger partial charge in [-0.05, 0) is 82.6 Å². The zero-order valence-electron chi connectivity index (χ0n) is 33.7. The number of pyridine rings is 1. The van der Waals surface area contributed by atoms with Crippen LogP contribution in [0.2, 0.25) is 0 Å². The molecule has 0 spiro atoms. The van der Waals surface area contributed by atoms with Crippen LogP contribution in [-0.2, 0) is 33.9 Å². The van der Waals surface area contributed by atoms with Crippen molar-refractivity contribution < 1.29 is 55.0 Å². The summed E-state index contributed by atoms with van der Waals surface area (Å²) in [6.45, 7) is 7.56. The number of nitrogens with zero attached hydrogens (tertiary/aromatic N) is 2. The molecule has 3 fully saturated rings. The fourth-order valence-electron chi connectivity index (χ4n) is 8.27. The van der Waals surface area contributed by atoms with Crippen molar-refractivity contribution in [1.82, 2.24) is 14.6 Å². The van der Waals surface area contributed by atoms with Crippen LogP contribution >= 0.6 is 0 Å². The van der Waals surface area contributed by atoms with Crippen molar-refractivity contribution in [3.8, 4) is 11.6 Å². The second-order valence-corrected chi connectivity index (χ2v) is 19.2. The quantitative estimate of drug-likeness (QED) is 0.188. The Morgan fingerprint density at radius 3 is 2.43 bits per heavy atom. The molecule has 2 aromatic rings. The first-order valence-corrected chi connectivity index (χ1v) is 21.8. The second kappa shape index (κ2) is 16.8. The number of benzene rings is 1. The van der Waals surface area contributed by atoms with Crippen LogP contribution in [0, 0.1) is 29.1 Å². The molecule has 0 unspecified atom stereocenters. The summed E-state index contributed by atoms with van der Waals surface area (Å²) in [4.78, 5) is 62.4. The number of carbonyl (C=O) groups excluding carboxylic acids is 4. The van der Waals surface area contributed by atoms with Gasteiger partial charge in [-0.1, -0.05) is 51.1 Å². The summed E-state index contributed by atoms with van der Waals surface area (Å²) < 4.78 is 86.7. The Bertz CT molecular complexity index is 2040. The number of sulfonamides is 1. The Labute approximate surface area is 337 Å². The minimum absolute atomic E-state index is 0.0176. The normalized spacial score (nSPS) is 29.1. The van der Waals surface area contributed by atoms with E-state index in [9.17, 15) is 40.8 Å². The number of halogens is 3. The summed E-state index contributed by atoms with van der Waals surface area (Å²) in [5.74, 6) is -4.34. The number of allylic oxidation sites excluding steroid dienone is 2. The fraction of sp³-hybridized carbons (Fsp3) is 0.643. The number of hydrogen-bond acceptors (Lipinski definition) is 10. The maximum atomic E-state index is 14.8. The number of esters is 1. The van der Waals surface area contributed by atoms with E-state index in [1.807, 2.05) is 50.3 Å². The number of nitrogens with one attached hydrogen (secondary N) is 1. The molecule has 0 radical (unpaired) electrons. The summed E-state index contributed by atoms with van der Waals surface area (Å²) in [6.07, 6.45) is 2.24. The molecule has 318 valence electrons. The molecule has 4 aliphatic rings. The highest BCUT2D eigenvalue weighted by Gasteiger charge is 2.62. The number of fused-ring (bicyclic) bond motifs is 3. The molecule has 7 atom stereocenters. The molecule has 2 amide bonds. The van der Waals surface area contributed by atoms with E-state index in [1.54, 1.807) is 13.1 Å². The zero-order valence-corrected chi connectivity index (χ0v) is 34.5. The van der Waals surface area contributed by atoms with E-state index in [0.29, 0.717) is 49.8 Å². The largest absolute Gasteiger partial charge is 0.491 e. The Balaban J connectivity index is 1.35. The predicted octanol–water partition coefficient (Wildman–Crippen LogP) is 6.85. The van der Waals surface area contributed by atoms with Crippen LogP contribution in [0.25, 0.3) is 10.8 Å². The Kier molecular flexibility index (Phi) is 12.6. The van der Waals surface area contributed by atoms with Crippen LogP contribution in [0.4, 0.5) is 13.2 Å². The third kappa shape index (κ3) is 9.47. The molecule has 6 rings (SSSR count). The first-order chi connectivity index (χ1) is 27.3. The minimum atomic E-state index is -4.86. The van der Waals surface area contributed by atoms with Crippen molar-refractivity contribution in [2.75, 3.05) is 13.2 Å². The van der Waals surface area contributed by atoms with E-state index < -0.39 is 92.4 Å². The van der Waals surface area contributed by atoms with Crippen molar-refractivity contribution in [2.45, 2.75) is 128 Å². The van der Waals surface area contributed by atoms with E-state index >= 15 is 0 Å². The maximum absolute atomic E-state index is 14.8. The van der Waals surface area contributed by atoms with Gasteiger partial charge in [0.1, 0.15) is 11.9 Å². The van der Waals surface area contributed by atoms with Crippen LogP contribution in [0.5, 0.6) is 11.6 Å². The number of Topliss-reactive ketones (excluding diaryl/α,β-unsaturated/α-hetero) is 1. The fourth-order valence-corrected chi connectivity index (χ4v) is 9.65. The van der Waals surface area contributed by atoms with Crippen molar-refractivity contribution in [3.63, 3.8) is 0 Å². The standard InChI is InChI=1S/C42H54F3N3O9S/c1-6-17-55-35-23-46-37(31-14-10-9-13-30(31)35)56-28-19-33-34(49)22-41(39(52)47-58(53,54)29-15-16-29)21-27(41)12-8-7-11-25(2)18-26(3)32(38(51)48(33)24-28)20-36(50)57-40(4,5)42(43,44)45/h8-10,12-14,23,25-29,32-33H,6-7,11,15-22,24H2,1-5H3,(H,47,52)/b12-8-/t25-,26+,27+,28+,32-,33-,41+/m0/s1. The number of hydrogen-bond donors (Lipinski definition) is 1. The molecule has 2 aliphatic carbocycles. The van der Waals surface area contributed by atoms with Gasteiger partial charge in [-0.2, -0.15) is 13.2 Å². The van der Waals surface area contributed by atoms with Gasteiger partial charge in [0, 0.05) is 23.6 Å². The SMILES string of the molecule is CCCOc1cnc(O[C@@H]2C[C@H]3C(=O)C[C@]4(C(=O)NS(=O)(=O)C5CC5)C[C@H]4/C=C\CC[C@H](C)C[C@@H](C)[C@H](CC(=O)OC(C)(C)C(F)(F)F)C(=O)N3C2)c2ccccc12. The van der Waals surface area contributed by atoms with Crippen LogP contribution < -0.4 is 14.2 Å². The molecule has 2 aliphatic heterocycles. The van der Waals surface area contributed by atoms with E-state index in [-0.39, 0.29) is 37.6 Å². The minimum Gasteiger partial charge on any atom is -0.491 e. The van der Waals surface area contributed by atoms with Gasteiger partial charge >= 0.3 is 12.1 Å². The van der Waals surface area contributed by atoms with Crippen LogP contribution in [-0.4, -0.2) is 84.2 Å². The molecule has 0 bridgehead atoms. The van der Waals surface area contributed by atoms with Gasteiger partial charge in [-0.15, -0.1) is 0 Å². The predicted molar refractivity (Wildman–Crippen MR) is 208 cm³/mol. The van der Waals surface area contributed by atoms with Gasteiger partial charge in [-0.25, -0.2) is 13.4 Å². The molecule has 3 heterocycles. The van der Waals surface area contributed by atoms with Gasteiger partial charge < -0.3 is 19.1 Å². The van der Waals surface area contributed by atoms with Gasteiger partial charge in [0.15, 0.2) is 5.78 Å². The number of aromatic nitrogens is 1. The molecule has 58 heavy (non-hydrogen) atoms. The number of carbonyl (C=O) groups is 4. The molecular formula is C42H54F3N3O9S. The Hall–Kier alpha value is -4.21. The summed E-state index contributed by atoms with van der Waals surface area (Å²) in [7, 11) is -3.93. The highest BCUT2D eigenvalue weighted by molar-refractivity contribution is 7.90. The lowest BCUT2D eigenvalue weighted by atomic mass is 9.82. The first-order valence-electron chi connectivity index (χ1n) is 20.3. The topological polar surface area (TPSA) is 158 Å². The number of ketones is 1. The average molecular weight is 834 g/mol. The molecule has 2 saturated carbocycles. The summed E-state index contributed by atoms with van der Waals surface area (Å²) in [6, 6.07) is 6.17. The third-order valence-electron chi connectivity index (χ3n) is 12.1. The summed E-state index contributed by atoms with van der Waals surface area (Å²) in [5, 5.41) is 0.713. The number of rotatable bonds is 11. The summed E-state index contributed by atoms with van der Waals surface area (Å²) >= 11 is 0. The van der Waals surface area contributed by atoms with Gasteiger partial charge in [0.2, 0.25) is 33.3 Å². The van der Waals surface area contributed by atoms with Crippen LogP contribution in [0.15, 0.2) is 42.6 Å². The van der Waals surface area contributed by atoms with Crippen molar-refractivity contribution >= 4 is 44.4 Å². The number of amides is 2. The molecule has 16 heteroatoms. The van der Waals surface area contributed by atoms with Crippen molar-refractivity contribution in [3.05, 3.63) is 42.6 Å². The second-order valence-electron chi connectivity index (χ2n) is 17.2. The number of ether oxygens (including phenoxy) is 3. The highest BCUT2D eigenvalue weighted by Crippen LogP contribution is 2.57. The van der Waals surface area contributed by atoms with E-state index in [1.165, 1.54) is 4.90 Å². The van der Waals surface area contributed by atoms with Gasteiger partial charge in [0.05, 0.1) is 48.4 Å². The molecule has 1 aromatic carbocycles. The molecule has 1 saturated heterocycles. The van der Waals surface area contributed by atoms with Gasteiger partial charge in [-0.3, -0.25) is 23.9 Å². The van der Waals surface area contributed by atoms with E-state index in [4.69, 9.17) is 14.2 Å². The molecule has 12 nitrogen and oxygen atoms in total. The summed E-state index contributed by atoms with van der Waals surface area (Å²) in [5.41, 5.74) is -4.17. The van der Waals surface area contributed by atoms with Gasteiger partial charge in [0.25, 0.3) is 0 Å².